The van der Waals surface area contributed by atoms with Crippen LogP contribution in [-0.4, -0.2) is 25.7 Å². The summed E-state index contributed by atoms with van der Waals surface area (Å²) in [4.78, 5) is 21.5. The molecule has 5 aromatic rings. The molecule has 0 aliphatic carbocycles. The first-order valence-corrected chi connectivity index (χ1v) is 11.0. The summed E-state index contributed by atoms with van der Waals surface area (Å²) in [6.45, 7) is 3.06. The maximum absolute atomic E-state index is 13.1. The number of hydrogen-bond donors (Lipinski definition) is 1. The second-order valence-corrected chi connectivity index (χ2v) is 8.04. The third-order valence-corrected chi connectivity index (χ3v) is 5.50. The number of hydrogen-bond acceptors (Lipinski definition) is 5. The van der Waals surface area contributed by atoms with Gasteiger partial charge in [-0.2, -0.15) is 5.10 Å². The van der Waals surface area contributed by atoms with Crippen LogP contribution >= 0.6 is 0 Å². The van der Waals surface area contributed by atoms with Gasteiger partial charge in [-0.05, 0) is 30.2 Å². The van der Waals surface area contributed by atoms with Crippen LogP contribution in [0.25, 0.3) is 22.8 Å². The predicted octanol–water partition coefficient (Wildman–Crippen LogP) is 4.89. The van der Waals surface area contributed by atoms with E-state index in [2.05, 4.69) is 26.4 Å². The number of oxazole rings is 1. The summed E-state index contributed by atoms with van der Waals surface area (Å²) in [5, 5.41) is 7.15. The van der Waals surface area contributed by atoms with Gasteiger partial charge in [0.15, 0.2) is 5.76 Å². The molecule has 7 nitrogen and oxygen atoms in total. The maximum Gasteiger partial charge on any atom is 0.252 e. The number of nitrogens with one attached hydrogen (secondary N) is 1. The van der Waals surface area contributed by atoms with Crippen LogP contribution in [0.15, 0.2) is 96.1 Å². The molecule has 5 rings (SSSR count). The Morgan fingerprint density at radius 1 is 1.00 bits per heavy atom. The summed E-state index contributed by atoms with van der Waals surface area (Å²) in [5.74, 6) is 0.887. The summed E-state index contributed by atoms with van der Waals surface area (Å²) in [5.41, 5.74) is 5.37. The largest absolute Gasteiger partial charge is 0.436 e. The summed E-state index contributed by atoms with van der Waals surface area (Å²) >= 11 is 0. The lowest BCUT2D eigenvalue weighted by atomic mass is 10.1. The molecule has 34 heavy (non-hydrogen) atoms. The molecule has 168 valence electrons. The lowest BCUT2D eigenvalue weighted by Crippen LogP contribution is -2.23. The normalized spacial score (nSPS) is 10.9. The highest BCUT2D eigenvalue weighted by Gasteiger charge is 2.17. The average molecular weight is 450 g/mol. The molecule has 0 spiro atoms. The fourth-order valence-corrected chi connectivity index (χ4v) is 3.73. The van der Waals surface area contributed by atoms with Crippen molar-refractivity contribution in [1.29, 1.82) is 0 Å². The van der Waals surface area contributed by atoms with Crippen molar-refractivity contribution in [2.24, 2.45) is 0 Å². The Morgan fingerprint density at radius 2 is 1.82 bits per heavy atom. The third-order valence-electron chi connectivity index (χ3n) is 5.50. The summed E-state index contributed by atoms with van der Waals surface area (Å²) in [6.07, 6.45) is 4.88. The van der Waals surface area contributed by atoms with Crippen LogP contribution in [0.5, 0.6) is 0 Å². The Balaban J connectivity index is 1.31. The molecule has 0 radical (unpaired) electrons. The van der Waals surface area contributed by atoms with Crippen molar-refractivity contribution in [3.05, 3.63) is 114 Å². The molecular formula is C27H23N5O2. The summed E-state index contributed by atoms with van der Waals surface area (Å²) < 4.78 is 7.77. The number of amides is 1. The second kappa shape index (κ2) is 9.54. The first kappa shape index (κ1) is 21.3. The van der Waals surface area contributed by atoms with E-state index in [-0.39, 0.29) is 5.91 Å². The zero-order valence-corrected chi connectivity index (χ0v) is 18.7. The Labute approximate surface area is 197 Å². The molecule has 0 bridgehead atoms. The molecule has 1 N–H and O–H groups in total. The van der Waals surface area contributed by atoms with Gasteiger partial charge < -0.3 is 9.73 Å². The van der Waals surface area contributed by atoms with E-state index in [9.17, 15) is 4.79 Å². The molecule has 7 heteroatoms. The van der Waals surface area contributed by atoms with E-state index in [1.54, 1.807) is 23.3 Å². The lowest BCUT2D eigenvalue weighted by Gasteiger charge is -2.10. The van der Waals surface area contributed by atoms with Gasteiger partial charge in [0.1, 0.15) is 12.7 Å². The molecular weight excluding hydrogens is 426 g/mol. The number of aryl methyl sites for hydroxylation is 1. The minimum atomic E-state index is -0.188. The van der Waals surface area contributed by atoms with Crippen molar-refractivity contribution in [2.75, 3.05) is 0 Å². The quantitative estimate of drug-likeness (QED) is 0.382. The minimum Gasteiger partial charge on any atom is -0.436 e. The molecule has 0 aliphatic heterocycles. The zero-order chi connectivity index (χ0) is 23.3. The highest BCUT2D eigenvalue weighted by atomic mass is 16.4. The van der Waals surface area contributed by atoms with Gasteiger partial charge in [-0.15, -0.1) is 0 Å². The first-order valence-electron chi connectivity index (χ1n) is 11.0. The van der Waals surface area contributed by atoms with Crippen LogP contribution in [0.2, 0.25) is 0 Å². The van der Waals surface area contributed by atoms with Gasteiger partial charge in [0.25, 0.3) is 5.91 Å². The minimum absolute atomic E-state index is 0.188. The van der Waals surface area contributed by atoms with E-state index in [0.717, 1.165) is 16.7 Å². The number of nitrogens with zero attached hydrogens (tertiary/aromatic N) is 4. The molecule has 0 atom stereocenters. The number of rotatable bonds is 7. The van der Waals surface area contributed by atoms with E-state index < -0.39 is 0 Å². The lowest BCUT2D eigenvalue weighted by molar-refractivity contribution is 0.0951. The third kappa shape index (κ3) is 4.78. The number of aromatic nitrogens is 4. The van der Waals surface area contributed by atoms with Gasteiger partial charge in [-0.3, -0.25) is 4.79 Å². The van der Waals surface area contributed by atoms with Crippen LogP contribution < -0.4 is 5.32 Å². The molecule has 2 heterocycles. The molecule has 0 fully saturated rings. The standard InChI is InChI=1S/C27H23N5O2/c1-19-9-11-22(12-10-19)25-15-30-27(34-25)24-8-3-2-7-23(24)26(33)29-14-20-5-4-6-21(13-20)16-32-18-28-17-31-32/h2-13,15,17-18H,14,16H2,1H3,(H,29,33). The predicted molar refractivity (Wildman–Crippen MR) is 129 cm³/mol. The van der Waals surface area contributed by atoms with Gasteiger partial charge in [0, 0.05) is 17.7 Å². The van der Waals surface area contributed by atoms with Gasteiger partial charge in [0.2, 0.25) is 5.89 Å². The zero-order valence-electron chi connectivity index (χ0n) is 18.7. The topological polar surface area (TPSA) is 85.8 Å². The van der Waals surface area contributed by atoms with E-state index in [1.165, 1.54) is 11.9 Å². The van der Waals surface area contributed by atoms with Crippen LogP contribution in [0.4, 0.5) is 0 Å². The van der Waals surface area contributed by atoms with Crippen LogP contribution in [0.1, 0.15) is 27.0 Å². The van der Waals surface area contributed by atoms with Crippen molar-refractivity contribution >= 4 is 5.91 Å². The van der Waals surface area contributed by atoms with Crippen molar-refractivity contribution in [1.82, 2.24) is 25.1 Å². The number of benzene rings is 3. The smallest absolute Gasteiger partial charge is 0.252 e. The van der Waals surface area contributed by atoms with Gasteiger partial charge in [-0.1, -0.05) is 66.2 Å². The Kier molecular flexibility index (Phi) is 5.99. The van der Waals surface area contributed by atoms with E-state index >= 15 is 0 Å². The molecule has 0 saturated heterocycles. The highest BCUT2D eigenvalue weighted by molar-refractivity contribution is 6.00. The van der Waals surface area contributed by atoms with E-state index in [1.807, 2.05) is 67.6 Å². The number of carbonyl (C=O) groups is 1. The van der Waals surface area contributed by atoms with Gasteiger partial charge in [-0.25, -0.2) is 14.6 Å². The molecule has 3 aromatic carbocycles. The molecule has 1 amide bonds. The summed E-state index contributed by atoms with van der Waals surface area (Å²) in [7, 11) is 0. The van der Waals surface area contributed by atoms with Crippen molar-refractivity contribution in [3.8, 4) is 22.8 Å². The highest BCUT2D eigenvalue weighted by Crippen LogP contribution is 2.28. The first-order chi connectivity index (χ1) is 16.7. The molecule has 0 unspecified atom stereocenters. The van der Waals surface area contributed by atoms with Crippen LogP contribution in [0, 0.1) is 6.92 Å². The van der Waals surface area contributed by atoms with Gasteiger partial charge in [0.05, 0.1) is 18.3 Å². The summed E-state index contributed by atoms with van der Waals surface area (Å²) in [6, 6.07) is 23.4. The van der Waals surface area contributed by atoms with Crippen LogP contribution in [-0.2, 0) is 13.1 Å². The van der Waals surface area contributed by atoms with Crippen molar-refractivity contribution < 1.29 is 9.21 Å². The van der Waals surface area contributed by atoms with E-state index in [4.69, 9.17) is 4.42 Å². The molecule has 0 saturated carbocycles. The molecule has 2 aromatic heterocycles. The second-order valence-electron chi connectivity index (χ2n) is 8.04. The Bertz CT molecular complexity index is 1410. The maximum atomic E-state index is 13.1. The van der Waals surface area contributed by atoms with Crippen LogP contribution in [0.3, 0.4) is 0 Å². The fraction of sp³-hybridized carbons (Fsp3) is 0.111. The Hall–Kier alpha value is -4.52. The Morgan fingerprint density at radius 3 is 2.65 bits per heavy atom. The van der Waals surface area contributed by atoms with Gasteiger partial charge >= 0.3 is 0 Å². The SMILES string of the molecule is Cc1ccc(-c2cnc(-c3ccccc3C(=O)NCc3cccc(Cn4cncn4)c3)o2)cc1. The molecule has 0 aliphatic rings. The van der Waals surface area contributed by atoms with E-state index in [0.29, 0.717) is 35.9 Å². The van der Waals surface area contributed by atoms with Crippen molar-refractivity contribution in [2.45, 2.75) is 20.0 Å². The average Bonchev–Trinajstić information content (AvgIpc) is 3.56. The van der Waals surface area contributed by atoms with Crippen molar-refractivity contribution in [3.63, 3.8) is 0 Å². The number of carbonyl (C=O) groups excluding carboxylic acids is 1. The fourth-order valence-electron chi connectivity index (χ4n) is 3.73. The monoisotopic (exact) mass is 449 g/mol.